The second kappa shape index (κ2) is 4.37. The van der Waals surface area contributed by atoms with Gasteiger partial charge in [0, 0.05) is 6.54 Å². The quantitative estimate of drug-likeness (QED) is 0.862. The maximum atomic E-state index is 5.50. The van der Waals surface area contributed by atoms with Gasteiger partial charge in [0.1, 0.15) is 10.8 Å². The van der Waals surface area contributed by atoms with Gasteiger partial charge in [-0.05, 0) is 24.6 Å². The molecule has 0 spiro atoms. The highest BCUT2D eigenvalue weighted by Crippen LogP contribution is 2.24. The molecule has 0 saturated carbocycles. The van der Waals surface area contributed by atoms with Crippen LogP contribution in [-0.2, 0) is 6.54 Å². The van der Waals surface area contributed by atoms with Crippen molar-refractivity contribution in [2.75, 3.05) is 0 Å². The molecule has 5 heteroatoms. The van der Waals surface area contributed by atoms with Gasteiger partial charge in [0.05, 0.1) is 0 Å². The summed E-state index contributed by atoms with van der Waals surface area (Å²) in [5.74, 6) is 0.753. The fourth-order valence-electron chi connectivity index (χ4n) is 1.11. The van der Waals surface area contributed by atoms with Crippen LogP contribution in [0.2, 0.25) is 0 Å². The van der Waals surface area contributed by atoms with E-state index in [0.717, 1.165) is 16.3 Å². The third kappa shape index (κ3) is 2.51. The summed E-state index contributed by atoms with van der Waals surface area (Å²) >= 11 is 1.42. The van der Waals surface area contributed by atoms with Crippen LogP contribution in [0, 0.1) is 6.92 Å². The third-order valence-corrected chi connectivity index (χ3v) is 2.59. The van der Waals surface area contributed by atoms with Gasteiger partial charge in [0.15, 0.2) is 0 Å². The molecule has 0 amide bonds. The van der Waals surface area contributed by atoms with Gasteiger partial charge in [0.2, 0.25) is 0 Å². The molecule has 1 aromatic carbocycles. The van der Waals surface area contributed by atoms with Gasteiger partial charge in [-0.1, -0.05) is 28.6 Å². The lowest BCUT2D eigenvalue weighted by Crippen LogP contribution is -1.95. The van der Waals surface area contributed by atoms with Gasteiger partial charge in [-0.3, -0.25) is 0 Å². The summed E-state index contributed by atoms with van der Waals surface area (Å²) in [5, 5.41) is 9.20. The van der Waals surface area contributed by atoms with Crippen molar-refractivity contribution in [3.8, 4) is 10.9 Å². The van der Waals surface area contributed by atoms with Crippen LogP contribution < -0.4 is 10.5 Å². The Morgan fingerprint density at radius 1 is 1.27 bits per heavy atom. The first-order chi connectivity index (χ1) is 7.28. The molecule has 0 atom stereocenters. The lowest BCUT2D eigenvalue weighted by Gasteiger charge is -2.01. The molecule has 4 nitrogen and oxygen atoms in total. The summed E-state index contributed by atoms with van der Waals surface area (Å²) in [6.07, 6.45) is 0. The van der Waals surface area contributed by atoms with E-state index in [-0.39, 0.29) is 0 Å². The Morgan fingerprint density at radius 3 is 2.53 bits per heavy atom. The first-order valence-electron chi connectivity index (χ1n) is 4.55. The van der Waals surface area contributed by atoms with E-state index in [0.29, 0.717) is 11.7 Å². The highest BCUT2D eigenvalue weighted by molar-refractivity contribution is 7.13. The molecule has 15 heavy (non-hydrogen) atoms. The molecular formula is C10H11N3OS. The molecule has 0 aliphatic rings. The van der Waals surface area contributed by atoms with E-state index < -0.39 is 0 Å². The third-order valence-electron chi connectivity index (χ3n) is 1.87. The molecule has 0 unspecified atom stereocenters. The molecule has 2 rings (SSSR count). The van der Waals surface area contributed by atoms with E-state index in [1.807, 2.05) is 31.2 Å². The lowest BCUT2D eigenvalue weighted by molar-refractivity contribution is 0.473. The smallest absolute Gasteiger partial charge is 0.299 e. The minimum Gasteiger partial charge on any atom is -0.430 e. The van der Waals surface area contributed by atoms with Crippen molar-refractivity contribution in [3.63, 3.8) is 0 Å². The van der Waals surface area contributed by atoms with Gasteiger partial charge >= 0.3 is 0 Å². The molecule has 0 aliphatic carbocycles. The first-order valence-corrected chi connectivity index (χ1v) is 5.36. The number of benzene rings is 1. The Labute approximate surface area is 91.7 Å². The van der Waals surface area contributed by atoms with Crippen molar-refractivity contribution < 1.29 is 4.74 Å². The average molecular weight is 221 g/mol. The zero-order chi connectivity index (χ0) is 10.7. The minimum atomic E-state index is 0.540. The number of aryl methyl sites for hydroxylation is 1. The minimum absolute atomic E-state index is 0.540. The summed E-state index contributed by atoms with van der Waals surface area (Å²) < 4.78 is 5.50. The van der Waals surface area contributed by atoms with E-state index in [1.54, 1.807) is 0 Å². The number of nitrogens with zero attached hydrogens (tertiary/aromatic N) is 2. The molecule has 1 heterocycles. The van der Waals surface area contributed by atoms with Gasteiger partial charge in [-0.15, -0.1) is 5.10 Å². The van der Waals surface area contributed by atoms with Crippen molar-refractivity contribution in [3.05, 3.63) is 34.8 Å². The zero-order valence-electron chi connectivity index (χ0n) is 8.30. The van der Waals surface area contributed by atoms with Crippen LogP contribution in [0.15, 0.2) is 24.3 Å². The Bertz CT molecular complexity index is 438. The zero-order valence-corrected chi connectivity index (χ0v) is 9.12. The molecule has 78 valence electrons. The van der Waals surface area contributed by atoms with Crippen molar-refractivity contribution >= 4 is 11.3 Å². The SMILES string of the molecule is Cc1nnc(Oc2ccc(CN)cc2)s1. The van der Waals surface area contributed by atoms with Gasteiger partial charge in [0.25, 0.3) is 5.19 Å². The Morgan fingerprint density at radius 2 is 2.00 bits per heavy atom. The summed E-state index contributed by atoms with van der Waals surface area (Å²) in [6, 6.07) is 7.62. The van der Waals surface area contributed by atoms with Crippen molar-refractivity contribution in [2.24, 2.45) is 5.73 Å². The molecule has 2 aromatic rings. The van der Waals surface area contributed by atoms with E-state index in [4.69, 9.17) is 10.5 Å². The largest absolute Gasteiger partial charge is 0.430 e. The fourth-order valence-corrected chi connectivity index (χ4v) is 1.67. The summed E-state index contributed by atoms with van der Waals surface area (Å²) in [5.41, 5.74) is 6.57. The van der Waals surface area contributed by atoms with Crippen molar-refractivity contribution in [1.82, 2.24) is 10.2 Å². The van der Waals surface area contributed by atoms with Crippen LogP contribution in [0.5, 0.6) is 10.9 Å². The maximum absolute atomic E-state index is 5.50. The highest BCUT2D eigenvalue weighted by Gasteiger charge is 2.02. The average Bonchev–Trinajstić information content (AvgIpc) is 2.65. The van der Waals surface area contributed by atoms with E-state index >= 15 is 0 Å². The molecule has 2 N–H and O–H groups in total. The van der Waals surface area contributed by atoms with Crippen LogP contribution in [0.4, 0.5) is 0 Å². The summed E-state index contributed by atoms with van der Waals surface area (Å²) in [4.78, 5) is 0. The van der Waals surface area contributed by atoms with Crippen molar-refractivity contribution in [2.45, 2.75) is 13.5 Å². The second-order valence-electron chi connectivity index (χ2n) is 3.04. The normalized spacial score (nSPS) is 10.3. The number of hydrogen-bond acceptors (Lipinski definition) is 5. The van der Waals surface area contributed by atoms with E-state index in [1.165, 1.54) is 11.3 Å². The van der Waals surface area contributed by atoms with E-state index in [2.05, 4.69) is 10.2 Å². The van der Waals surface area contributed by atoms with Gasteiger partial charge in [-0.25, -0.2) is 0 Å². The molecular weight excluding hydrogens is 210 g/mol. The van der Waals surface area contributed by atoms with Crippen LogP contribution in [0.1, 0.15) is 10.6 Å². The predicted molar refractivity (Wildman–Crippen MR) is 59.1 cm³/mol. The van der Waals surface area contributed by atoms with Crippen LogP contribution in [-0.4, -0.2) is 10.2 Å². The first kappa shape index (κ1) is 10.1. The summed E-state index contributed by atoms with van der Waals surface area (Å²) in [7, 11) is 0. The molecule has 1 aromatic heterocycles. The standard InChI is InChI=1S/C10H11N3OS/c1-7-12-13-10(15-7)14-9-4-2-8(6-11)3-5-9/h2-5H,6,11H2,1H3. The van der Waals surface area contributed by atoms with Gasteiger partial charge in [-0.2, -0.15) is 0 Å². The molecule has 0 bridgehead atoms. The maximum Gasteiger partial charge on any atom is 0.299 e. The molecule has 0 saturated heterocycles. The molecule has 0 aliphatic heterocycles. The predicted octanol–water partition coefficient (Wildman–Crippen LogP) is 2.10. The Balaban J connectivity index is 2.11. The second-order valence-corrected chi connectivity index (χ2v) is 4.18. The van der Waals surface area contributed by atoms with E-state index in [9.17, 15) is 0 Å². The Hall–Kier alpha value is -1.46. The van der Waals surface area contributed by atoms with Crippen LogP contribution in [0.3, 0.4) is 0 Å². The van der Waals surface area contributed by atoms with Crippen LogP contribution >= 0.6 is 11.3 Å². The number of nitrogens with two attached hydrogens (primary N) is 1. The van der Waals surface area contributed by atoms with Crippen LogP contribution in [0.25, 0.3) is 0 Å². The topological polar surface area (TPSA) is 61.0 Å². The molecule has 0 fully saturated rings. The van der Waals surface area contributed by atoms with Gasteiger partial charge < -0.3 is 10.5 Å². The number of ether oxygens (including phenoxy) is 1. The lowest BCUT2D eigenvalue weighted by atomic mass is 10.2. The number of rotatable bonds is 3. The number of hydrogen-bond donors (Lipinski definition) is 1. The molecule has 0 radical (unpaired) electrons. The fraction of sp³-hybridized carbons (Fsp3) is 0.200. The monoisotopic (exact) mass is 221 g/mol. The summed E-state index contributed by atoms with van der Waals surface area (Å²) in [6.45, 7) is 2.43. The Kier molecular flexibility index (Phi) is 2.94. The van der Waals surface area contributed by atoms with Crippen molar-refractivity contribution in [1.29, 1.82) is 0 Å². The number of aromatic nitrogens is 2. The highest BCUT2D eigenvalue weighted by atomic mass is 32.1.